The van der Waals surface area contributed by atoms with Crippen molar-refractivity contribution in [3.8, 4) is 5.75 Å². The van der Waals surface area contributed by atoms with E-state index in [1.165, 1.54) is 6.07 Å². The standard InChI is InChI=1S/C15H22O5/c1-5-20-14(19)13(18)12(17)9-7-6-8-10(11(9)16)15(2,3)4/h6-8,12-13,16-18H,5H2,1-4H3. The summed E-state index contributed by atoms with van der Waals surface area (Å²) in [5, 5.41) is 30.0. The van der Waals surface area contributed by atoms with Crippen LogP contribution in [0.4, 0.5) is 0 Å². The van der Waals surface area contributed by atoms with Crippen LogP contribution in [0, 0.1) is 0 Å². The number of rotatable bonds is 4. The minimum atomic E-state index is -1.73. The summed E-state index contributed by atoms with van der Waals surface area (Å²) in [7, 11) is 0. The minimum Gasteiger partial charge on any atom is -0.507 e. The first-order chi connectivity index (χ1) is 9.20. The Hall–Kier alpha value is -1.59. The lowest BCUT2D eigenvalue weighted by Crippen LogP contribution is -2.30. The van der Waals surface area contributed by atoms with E-state index in [-0.39, 0.29) is 23.3 Å². The highest BCUT2D eigenvalue weighted by Gasteiger charge is 2.30. The fraction of sp³-hybridized carbons (Fsp3) is 0.533. The molecule has 0 aliphatic heterocycles. The monoisotopic (exact) mass is 282 g/mol. The number of hydrogen-bond acceptors (Lipinski definition) is 5. The van der Waals surface area contributed by atoms with E-state index in [4.69, 9.17) is 0 Å². The molecule has 0 aromatic heterocycles. The van der Waals surface area contributed by atoms with Gasteiger partial charge in [0.1, 0.15) is 11.9 Å². The topological polar surface area (TPSA) is 87.0 Å². The van der Waals surface area contributed by atoms with Crippen molar-refractivity contribution >= 4 is 5.97 Å². The molecule has 1 rings (SSSR count). The summed E-state index contributed by atoms with van der Waals surface area (Å²) in [5.41, 5.74) is 0.414. The van der Waals surface area contributed by atoms with Gasteiger partial charge in [-0.25, -0.2) is 4.79 Å². The summed E-state index contributed by atoms with van der Waals surface area (Å²) in [6, 6.07) is 4.87. The maximum absolute atomic E-state index is 11.4. The highest BCUT2D eigenvalue weighted by atomic mass is 16.5. The quantitative estimate of drug-likeness (QED) is 0.731. The van der Waals surface area contributed by atoms with E-state index in [9.17, 15) is 20.1 Å². The molecule has 0 saturated heterocycles. The van der Waals surface area contributed by atoms with Crippen molar-refractivity contribution in [2.75, 3.05) is 6.61 Å². The van der Waals surface area contributed by atoms with Crippen molar-refractivity contribution in [1.82, 2.24) is 0 Å². The van der Waals surface area contributed by atoms with Gasteiger partial charge in [0.05, 0.1) is 6.61 Å². The fourth-order valence-corrected chi connectivity index (χ4v) is 1.93. The molecule has 2 atom stereocenters. The maximum atomic E-state index is 11.4. The number of esters is 1. The van der Waals surface area contributed by atoms with Crippen LogP contribution in [0.25, 0.3) is 0 Å². The molecule has 0 bridgehead atoms. The van der Waals surface area contributed by atoms with Gasteiger partial charge in [-0.1, -0.05) is 39.0 Å². The Morgan fingerprint density at radius 2 is 1.90 bits per heavy atom. The van der Waals surface area contributed by atoms with Gasteiger partial charge in [0.2, 0.25) is 0 Å². The van der Waals surface area contributed by atoms with Crippen molar-refractivity contribution < 1.29 is 24.9 Å². The predicted octanol–water partition coefficient (Wildman–Crippen LogP) is 1.65. The highest BCUT2D eigenvalue weighted by Crippen LogP contribution is 2.36. The van der Waals surface area contributed by atoms with Crippen LogP contribution in [-0.2, 0) is 14.9 Å². The summed E-state index contributed by atoms with van der Waals surface area (Å²) in [4.78, 5) is 11.4. The zero-order valence-electron chi connectivity index (χ0n) is 12.3. The van der Waals surface area contributed by atoms with Crippen LogP contribution >= 0.6 is 0 Å². The Balaban J connectivity index is 3.11. The molecule has 112 valence electrons. The van der Waals surface area contributed by atoms with Crippen molar-refractivity contribution in [2.24, 2.45) is 0 Å². The number of aliphatic hydroxyl groups excluding tert-OH is 2. The van der Waals surface area contributed by atoms with Gasteiger partial charge in [0.25, 0.3) is 0 Å². The fourth-order valence-electron chi connectivity index (χ4n) is 1.93. The van der Waals surface area contributed by atoms with Crippen molar-refractivity contribution in [3.63, 3.8) is 0 Å². The molecule has 0 amide bonds. The largest absolute Gasteiger partial charge is 0.507 e. The van der Waals surface area contributed by atoms with E-state index in [0.717, 1.165) is 0 Å². The Morgan fingerprint density at radius 1 is 1.30 bits per heavy atom. The molecular weight excluding hydrogens is 260 g/mol. The van der Waals surface area contributed by atoms with Crippen LogP contribution in [0.1, 0.15) is 44.9 Å². The number of phenolic OH excluding ortho intramolecular Hbond substituents is 1. The lowest BCUT2D eigenvalue weighted by molar-refractivity contribution is -0.159. The molecule has 0 radical (unpaired) electrons. The van der Waals surface area contributed by atoms with Crippen LogP contribution in [-0.4, -0.2) is 34.0 Å². The molecule has 0 spiro atoms. The first kappa shape index (κ1) is 16.5. The zero-order chi connectivity index (χ0) is 15.5. The third-order valence-corrected chi connectivity index (χ3v) is 3.02. The molecule has 2 unspecified atom stereocenters. The second kappa shape index (κ2) is 6.24. The Bertz CT molecular complexity index is 476. The van der Waals surface area contributed by atoms with Gasteiger partial charge < -0.3 is 20.1 Å². The number of carbonyl (C=O) groups is 1. The molecule has 0 heterocycles. The molecule has 0 aliphatic rings. The lowest BCUT2D eigenvalue weighted by Gasteiger charge is -2.24. The Kier molecular flexibility index (Phi) is 5.14. The van der Waals surface area contributed by atoms with Crippen LogP contribution < -0.4 is 0 Å². The van der Waals surface area contributed by atoms with E-state index in [2.05, 4.69) is 4.74 Å². The summed E-state index contributed by atoms with van der Waals surface area (Å²) in [6.07, 6.45) is -3.26. The number of para-hydroxylation sites is 1. The molecule has 3 N–H and O–H groups in total. The van der Waals surface area contributed by atoms with E-state index in [1.54, 1.807) is 19.1 Å². The summed E-state index contributed by atoms with van der Waals surface area (Å²) < 4.78 is 4.65. The molecule has 0 aliphatic carbocycles. The van der Waals surface area contributed by atoms with Crippen LogP contribution in [0.2, 0.25) is 0 Å². The number of carbonyl (C=O) groups excluding carboxylic acids is 1. The van der Waals surface area contributed by atoms with Gasteiger partial charge in [0.15, 0.2) is 6.10 Å². The van der Waals surface area contributed by atoms with Gasteiger partial charge in [-0.3, -0.25) is 0 Å². The van der Waals surface area contributed by atoms with Gasteiger partial charge in [-0.2, -0.15) is 0 Å². The third-order valence-electron chi connectivity index (χ3n) is 3.02. The third kappa shape index (κ3) is 3.49. The van der Waals surface area contributed by atoms with Crippen molar-refractivity contribution in [2.45, 2.75) is 45.3 Å². The van der Waals surface area contributed by atoms with Gasteiger partial charge in [-0.15, -0.1) is 0 Å². The molecule has 20 heavy (non-hydrogen) atoms. The molecule has 1 aromatic carbocycles. The van der Waals surface area contributed by atoms with Gasteiger partial charge >= 0.3 is 5.97 Å². The van der Waals surface area contributed by atoms with Gasteiger partial charge in [0, 0.05) is 5.56 Å². The zero-order valence-corrected chi connectivity index (χ0v) is 12.3. The van der Waals surface area contributed by atoms with Crippen LogP contribution in [0.5, 0.6) is 5.75 Å². The summed E-state index contributed by atoms with van der Waals surface area (Å²) in [5.74, 6) is -1.03. The van der Waals surface area contributed by atoms with Crippen LogP contribution in [0.15, 0.2) is 18.2 Å². The first-order valence-corrected chi connectivity index (χ1v) is 6.55. The normalized spacial score (nSPS) is 14.7. The number of aromatic hydroxyl groups is 1. The maximum Gasteiger partial charge on any atom is 0.338 e. The summed E-state index contributed by atoms with van der Waals surface area (Å²) in [6.45, 7) is 7.46. The van der Waals surface area contributed by atoms with E-state index < -0.39 is 18.2 Å². The summed E-state index contributed by atoms with van der Waals surface area (Å²) >= 11 is 0. The smallest absolute Gasteiger partial charge is 0.338 e. The average molecular weight is 282 g/mol. The molecule has 5 nitrogen and oxygen atoms in total. The first-order valence-electron chi connectivity index (χ1n) is 6.55. The average Bonchev–Trinajstić information content (AvgIpc) is 2.36. The van der Waals surface area contributed by atoms with Crippen molar-refractivity contribution in [1.29, 1.82) is 0 Å². The second-order valence-corrected chi connectivity index (χ2v) is 5.64. The number of ether oxygens (including phenoxy) is 1. The van der Waals surface area contributed by atoms with E-state index in [0.29, 0.717) is 5.56 Å². The Morgan fingerprint density at radius 3 is 2.40 bits per heavy atom. The molecule has 0 saturated carbocycles. The van der Waals surface area contributed by atoms with Gasteiger partial charge in [-0.05, 0) is 17.9 Å². The SMILES string of the molecule is CCOC(=O)C(O)C(O)c1cccc(C(C)(C)C)c1O. The number of hydrogen-bond donors (Lipinski definition) is 3. The molecule has 5 heteroatoms. The second-order valence-electron chi connectivity index (χ2n) is 5.64. The number of aliphatic hydroxyl groups is 2. The van der Waals surface area contributed by atoms with Crippen LogP contribution in [0.3, 0.4) is 0 Å². The van der Waals surface area contributed by atoms with E-state index in [1.807, 2.05) is 20.8 Å². The highest BCUT2D eigenvalue weighted by molar-refractivity contribution is 5.75. The molecular formula is C15H22O5. The number of phenols is 1. The molecule has 1 aromatic rings. The minimum absolute atomic E-state index is 0.108. The number of benzene rings is 1. The lowest BCUT2D eigenvalue weighted by atomic mass is 9.84. The van der Waals surface area contributed by atoms with E-state index >= 15 is 0 Å². The van der Waals surface area contributed by atoms with Crippen molar-refractivity contribution in [3.05, 3.63) is 29.3 Å². The Labute approximate surface area is 118 Å². The predicted molar refractivity (Wildman–Crippen MR) is 74.4 cm³/mol. The molecule has 0 fully saturated rings.